The van der Waals surface area contributed by atoms with Gasteiger partial charge in [-0.1, -0.05) is 26.0 Å². The molecule has 66 valence electrons. The van der Waals surface area contributed by atoms with Crippen molar-refractivity contribution in [2.75, 3.05) is 0 Å². The first kappa shape index (κ1) is 10.7. The number of nitrogens with two attached hydrogens (primary N) is 1. The molecule has 1 heteroatoms. The largest absolute Gasteiger partial charge is 0.322 e. The van der Waals surface area contributed by atoms with E-state index in [2.05, 4.69) is 26.8 Å². The lowest BCUT2D eigenvalue weighted by molar-refractivity contribution is 0.450. The van der Waals surface area contributed by atoms with Crippen LogP contribution in [-0.4, -0.2) is 5.54 Å². The Morgan fingerprint density at radius 1 is 1.45 bits per heavy atom. The van der Waals surface area contributed by atoms with E-state index in [0.717, 1.165) is 12.3 Å². The molecule has 0 rings (SSSR count). The Kier molecular flexibility index (Phi) is 4.43. The summed E-state index contributed by atoms with van der Waals surface area (Å²) in [5.74, 6) is 0.753. The normalized spacial score (nSPS) is 17.6. The van der Waals surface area contributed by atoms with E-state index >= 15 is 0 Å². The van der Waals surface area contributed by atoms with Crippen LogP contribution in [-0.2, 0) is 0 Å². The van der Waals surface area contributed by atoms with Gasteiger partial charge in [-0.05, 0) is 32.6 Å². The highest BCUT2D eigenvalue weighted by Crippen LogP contribution is 2.14. The van der Waals surface area contributed by atoms with E-state index in [1.807, 2.05) is 13.0 Å². The Morgan fingerprint density at radius 3 is 2.36 bits per heavy atom. The highest BCUT2D eigenvalue weighted by molar-refractivity contribution is 5.00. The van der Waals surface area contributed by atoms with Gasteiger partial charge in [0.15, 0.2) is 0 Å². The van der Waals surface area contributed by atoms with Gasteiger partial charge in [0.25, 0.3) is 0 Å². The summed E-state index contributed by atoms with van der Waals surface area (Å²) in [6.07, 6.45) is 6.39. The molecule has 2 N–H and O–H groups in total. The smallest absolute Gasteiger partial charge is 0.0310 e. The molecule has 0 saturated heterocycles. The molecular formula is C10H21N. The minimum absolute atomic E-state index is 0.0982. The lowest BCUT2D eigenvalue weighted by atomic mass is 9.93. The zero-order chi connectivity index (χ0) is 8.91. The minimum atomic E-state index is -0.0982. The van der Waals surface area contributed by atoms with Crippen LogP contribution in [0.15, 0.2) is 12.2 Å². The predicted molar refractivity (Wildman–Crippen MR) is 51.5 cm³/mol. The van der Waals surface area contributed by atoms with E-state index in [-0.39, 0.29) is 5.54 Å². The van der Waals surface area contributed by atoms with Crippen LogP contribution in [0.25, 0.3) is 0 Å². The van der Waals surface area contributed by atoms with Gasteiger partial charge >= 0.3 is 0 Å². The zero-order valence-electron chi connectivity index (χ0n) is 8.22. The van der Waals surface area contributed by atoms with Crippen LogP contribution < -0.4 is 5.73 Å². The molecule has 0 aromatic heterocycles. The van der Waals surface area contributed by atoms with Gasteiger partial charge in [-0.3, -0.25) is 0 Å². The number of hydrogen-bond donors (Lipinski definition) is 1. The summed E-state index contributed by atoms with van der Waals surface area (Å²) in [7, 11) is 0. The van der Waals surface area contributed by atoms with E-state index in [1.165, 1.54) is 6.42 Å². The van der Waals surface area contributed by atoms with E-state index in [1.54, 1.807) is 0 Å². The van der Waals surface area contributed by atoms with Crippen molar-refractivity contribution in [2.24, 2.45) is 11.7 Å². The molecule has 0 spiro atoms. The van der Waals surface area contributed by atoms with Gasteiger partial charge in [0.05, 0.1) is 0 Å². The molecule has 0 heterocycles. The molecule has 0 bridgehead atoms. The topological polar surface area (TPSA) is 26.0 Å². The summed E-state index contributed by atoms with van der Waals surface area (Å²) in [6.45, 7) is 8.55. The molecular weight excluding hydrogens is 134 g/mol. The Bertz CT molecular complexity index is 123. The van der Waals surface area contributed by atoms with E-state index in [9.17, 15) is 0 Å². The summed E-state index contributed by atoms with van der Waals surface area (Å²) >= 11 is 0. The Hall–Kier alpha value is -0.300. The molecule has 1 unspecified atom stereocenters. The first-order chi connectivity index (χ1) is 4.98. The summed E-state index contributed by atoms with van der Waals surface area (Å²) in [5, 5.41) is 0. The van der Waals surface area contributed by atoms with Crippen molar-refractivity contribution in [1.29, 1.82) is 0 Å². The summed E-state index contributed by atoms with van der Waals surface area (Å²) in [5.41, 5.74) is 5.89. The summed E-state index contributed by atoms with van der Waals surface area (Å²) in [4.78, 5) is 0. The average Bonchev–Trinajstić information content (AvgIpc) is 1.84. The van der Waals surface area contributed by atoms with Crippen LogP contribution in [0.1, 0.15) is 40.5 Å². The maximum absolute atomic E-state index is 5.99. The molecule has 0 aliphatic heterocycles. The van der Waals surface area contributed by atoms with Crippen LogP contribution in [0.5, 0.6) is 0 Å². The monoisotopic (exact) mass is 155 g/mol. The predicted octanol–water partition coefficient (Wildman–Crippen LogP) is 2.72. The lowest BCUT2D eigenvalue weighted by Gasteiger charge is -2.21. The second kappa shape index (κ2) is 4.55. The first-order valence-corrected chi connectivity index (χ1v) is 4.40. The SMILES string of the molecule is C/C=C\C(C)(N)CCC(C)C. The second-order valence-electron chi connectivity index (χ2n) is 3.94. The van der Waals surface area contributed by atoms with Gasteiger partial charge < -0.3 is 5.73 Å². The van der Waals surface area contributed by atoms with Gasteiger partial charge in [0, 0.05) is 5.54 Å². The number of allylic oxidation sites excluding steroid dienone is 1. The average molecular weight is 155 g/mol. The van der Waals surface area contributed by atoms with Crippen molar-refractivity contribution in [3.05, 3.63) is 12.2 Å². The summed E-state index contributed by atoms with van der Waals surface area (Å²) in [6, 6.07) is 0. The Labute approximate surface area is 70.7 Å². The third-order valence-electron chi connectivity index (χ3n) is 1.81. The Morgan fingerprint density at radius 2 is 2.00 bits per heavy atom. The molecule has 0 aromatic rings. The zero-order valence-corrected chi connectivity index (χ0v) is 8.22. The van der Waals surface area contributed by atoms with Gasteiger partial charge in [0.1, 0.15) is 0 Å². The maximum Gasteiger partial charge on any atom is 0.0310 e. The van der Waals surface area contributed by atoms with Crippen LogP contribution in [0.4, 0.5) is 0 Å². The number of hydrogen-bond acceptors (Lipinski definition) is 1. The van der Waals surface area contributed by atoms with Gasteiger partial charge in [-0.2, -0.15) is 0 Å². The van der Waals surface area contributed by atoms with Crippen molar-refractivity contribution in [3.8, 4) is 0 Å². The molecule has 0 saturated carbocycles. The van der Waals surface area contributed by atoms with Gasteiger partial charge in [0.2, 0.25) is 0 Å². The standard InChI is InChI=1S/C10H21N/c1-5-7-10(4,11)8-6-9(2)3/h5,7,9H,6,8,11H2,1-4H3/b7-5-. The molecule has 0 amide bonds. The maximum atomic E-state index is 5.99. The minimum Gasteiger partial charge on any atom is -0.322 e. The van der Waals surface area contributed by atoms with Crippen LogP contribution in [0.2, 0.25) is 0 Å². The van der Waals surface area contributed by atoms with Crippen molar-refractivity contribution >= 4 is 0 Å². The van der Waals surface area contributed by atoms with Gasteiger partial charge in [-0.25, -0.2) is 0 Å². The highest BCUT2D eigenvalue weighted by atomic mass is 14.7. The Balaban J connectivity index is 3.72. The quantitative estimate of drug-likeness (QED) is 0.621. The van der Waals surface area contributed by atoms with Crippen LogP contribution in [0.3, 0.4) is 0 Å². The molecule has 0 aromatic carbocycles. The summed E-state index contributed by atoms with van der Waals surface area (Å²) < 4.78 is 0. The molecule has 0 fully saturated rings. The van der Waals surface area contributed by atoms with E-state index in [0.29, 0.717) is 0 Å². The van der Waals surface area contributed by atoms with Crippen molar-refractivity contribution in [1.82, 2.24) is 0 Å². The molecule has 1 nitrogen and oxygen atoms in total. The molecule has 1 atom stereocenters. The molecule has 0 aliphatic carbocycles. The fourth-order valence-corrected chi connectivity index (χ4v) is 1.06. The number of rotatable bonds is 4. The highest BCUT2D eigenvalue weighted by Gasteiger charge is 2.13. The molecule has 11 heavy (non-hydrogen) atoms. The van der Waals surface area contributed by atoms with E-state index in [4.69, 9.17) is 5.73 Å². The third-order valence-corrected chi connectivity index (χ3v) is 1.81. The molecule has 0 aliphatic rings. The van der Waals surface area contributed by atoms with Crippen LogP contribution >= 0.6 is 0 Å². The third kappa shape index (κ3) is 6.11. The second-order valence-corrected chi connectivity index (χ2v) is 3.94. The van der Waals surface area contributed by atoms with Crippen molar-refractivity contribution < 1.29 is 0 Å². The van der Waals surface area contributed by atoms with Crippen molar-refractivity contribution in [3.63, 3.8) is 0 Å². The van der Waals surface area contributed by atoms with E-state index < -0.39 is 0 Å². The molecule has 0 radical (unpaired) electrons. The lowest BCUT2D eigenvalue weighted by Crippen LogP contribution is -2.33. The van der Waals surface area contributed by atoms with Crippen LogP contribution in [0, 0.1) is 5.92 Å². The van der Waals surface area contributed by atoms with Crippen molar-refractivity contribution in [2.45, 2.75) is 46.1 Å². The fourth-order valence-electron chi connectivity index (χ4n) is 1.06. The first-order valence-electron chi connectivity index (χ1n) is 4.40. The fraction of sp³-hybridized carbons (Fsp3) is 0.800. The van der Waals surface area contributed by atoms with Gasteiger partial charge in [-0.15, -0.1) is 0 Å².